The van der Waals surface area contributed by atoms with Crippen molar-refractivity contribution in [2.45, 2.75) is 6.92 Å². The number of phenols is 1. The van der Waals surface area contributed by atoms with Crippen LogP contribution in [0.15, 0.2) is 53.3 Å². The molecule has 2 heterocycles. The zero-order valence-electron chi connectivity index (χ0n) is 13.9. The zero-order chi connectivity index (χ0) is 18.3. The molecule has 0 saturated heterocycles. The largest absolute Gasteiger partial charge is 0.508 e. The Bertz CT molecular complexity index is 1300. The fraction of sp³-hybridized carbons (Fsp3) is 0.0500. The fourth-order valence-electron chi connectivity index (χ4n) is 3.00. The summed E-state index contributed by atoms with van der Waals surface area (Å²) >= 11 is 0. The molecule has 0 aliphatic heterocycles. The first kappa shape index (κ1) is 15.7. The number of pyridine rings is 1. The number of aromatic nitrogens is 2. The molecule has 0 aliphatic carbocycles. The van der Waals surface area contributed by atoms with Crippen LogP contribution in [0.4, 0.5) is 5.69 Å². The van der Waals surface area contributed by atoms with Crippen molar-refractivity contribution in [1.82, 2.24) is 9.38 Å². The number of nitrogens with zero attached hydrogens (tertiary/aromatic N) is 3. The summed E-state index contributed by atoms with van der Waals surface area (Å²) in [5.74, 6) is 0.161. The van der Waals surface area contributed by atoms with Crippen LogP contribution in [0.1, 0.15) is 11.1 Å². The van der Waals surface area contributed by atoms with E-state index in [1.165, 1.54) is 4.40 Å². The Balaban J connectivity index is 2.01. The Hall–Kier alpha value is -3.85. The summed E-state index contributed by atoms with van der Waals surface area (Å²) in [6.45, 7) is 1.74. The quantitative estimate of drug-likeness (QED) is 0.546. The number of aromatic hydroxyl groups is 1. The van der Waals surface area contributed by atoms with Crippen LogP contribution >= 0.6 is 0 Å². The van der Waals surface area contributed by atoms with Crippen molar-refractivity contribution in [1.29, 1.82) is 5.26 Å². The maximum absolute atomic E-state index is 13.1. The predicted octanol–water partition coefficient (Wildman–Crippen LogP) is 2.30. The van der Waals surface area contributed by atoms with E-state index in [-0.39, 0.29) is 11.3 Å². The number of phenolic OH excluding ortho intramolecular Hbond substituents is 1. The summed E-state index contributed by atoms with van der Waals surface area (Å²) in [7, 11) is 0. The zero-order valence-corrected chi connectivity index (χ0v) is 13.9. The highest BCUT2D eigenvalue weighted by molar-refractivity contribution is 5.82. The molecule has 0 radical (unpaired) electrons. The number of imidazole rings is 1. The SMILES string of the molecule is Cc1c(C#N)c2nc3ccccc3n2c(=O)/c1=C/Nc1ccc(O)cc1. The minimum absolute atomic E-state index is 0.161. The van der Waals surface area contributed by atoms with Gasteiger partial charge in [0.25, 0.3) is 5.56 Å². The molecule has 2 aromatic heterocycles. The average molecular weight is 342 g/mol. The van der Waals surface area contributed by atoms with Gasteiger partial charge in [-0.1, -0.05) is 12.1 Å². The number of fused-ring (bicyclic) bond motifs is 3. The highest BCUT2D eigenvalue weighted by atomic mass is 16.3. The molecule has 0 amide bonds. The van der Waals surface area contributed by atoms with E-state index in [0.29, 0.717) is 33.0 Å². The maximum atomic E-state index is 13.1. The lowest BCUT2D eigenvalue weighted by Gasteiger charge is -2.04. The van der Waals surface area contributed by atoms with Crippen LogP contribution in [-0.2, 0) is 0 Å². The molecule has 0 unspecified atom stereocenters. The van der Waals surface area contributed by atoms with Gasteiger partial charge in [-0.25, -0.2) is 4.98 Å². The van der Waals surface area contributed by atoms with Gasteiger partial charge in [0, 0.05) is 11.9 Å². The van der Waals surface area contributed by atoms with Crippen LogP contribution in [0.5, 0.6) is 5.75 Å². The first-order valence-corrected chi connectivity index (χ1v) is 8.00. The van der Waals surface area contributed by atoms with E-state index < -0.39 is 0 Å². The molecule has 6 nitrogen and oxygen atoms in total. The van der Waals surface area contributed by atoms with Gasteiger partial charge in [0.2, 0.25) is 0 Å². The van der Waals surface area contributed by atoms with E-state index in [1.807, 2.05) is 24.3 Å². The van der Waals surface area contributed by atoms with E-state index in [9.17, 15) is 15.2 Å². The lowest BCUT2D eigenvalue weighted by atomic mass is 10.1. The van der Waals surface area contributed by atoms with Crippen molar-refractivity contribution >= 4 is 28.6 Å². The number of rotatable bonds is 2. The van der Waals surface area contributed by atoms with E-state index in [2.05, 4.69) is 16.4 Å². The predicted molar refractivity (Wildman–Crippen MR) is 99.8 cm³/mol. The van der Waals surface area contributed by atoms with Crippen molar-refractivity contribution in [2.75, 3.05) is 5.32 Å². The number of para-hydroxylation sites is 2. The Morgan fingerprint density at radius 3 is 2.65 bits per heavy atom. The molecule has 4 aromatic rings. The molecule has 6 heteroatoms. The molecular formula is C20H14N4O2. The van der Waals surface area contributed by atoms with Crippen molar-refractivity contribution in [2.24, 2.45) is 0 Å². The normalized spacial score (nSPS) is 11.8. The molecule has 26 heavy (non-hydrogen) atoms. The van der Waals surface area contributed by atoms with Gasteiger partial charge in [-0.3, -0.25) is 9.20 Å². The van der Waals surface area contributed by atoms with Gasteiger partial charge >= 0.3 is 0 Å². The first-order valence-electron chi connectivity index (χ1n) is 8.00. The van der Waals surface area contributed by atoms with Crippen molar-refractivity contribution in [3.05, 3.63) is 75.2 Å². The van der Waals surface area contributed by atoms with Crippen molar-refractivity contribution in [3.8, 4) is 11.8 Å². The molecule has 0 bridgehead atoms. The average Bonchev–Trinajstić information content (AvgIpc) is 3.03. The lowest BCUT2D eigenvalue weighted by Crippen LogP contribution is -2.34. The summed E-state index contributed by atoms with van der Waals surface area (Å²) in [5.41, 5.74) is 3.14. The van der Waals surface area contributed by atoms with Crippen LogP contribution in [0.25, 0.3) is 22.9 Å². The summed E-state index contributed by atoms with van der Waals surface area (Å²) in [6, 6.07) is 16.0. The summed E-state index contributed by atoms with van der Waals surface area (Å²) in [6.07, 6.45) is 1.58. The number of anilines is 1. The van der Waals surface area contributed by atoms with Gasteiger partial charge in [-0.15, -0.1) is 0 Å². The van der Waals surface area contributed by atoms with E-state index >= 15 is 0 Å². The number of nitriles is 1. The van der Waals surface area contributed by atoms with Crippen LogP contribution < -0.4 is 16.1 Å². The Kier molecular flexibility index (Phi) is 3.55. The lowest BCUT2D eigenvalue weighted by molar-refractivity contribution is 0.475. The first-order chi connectivity index (χ1) is 12.6. The van der Waals surface area contributed by atoms with Crippen molar-refractivity contribution in [3.63, 3.8) is 0 Å². The third-order valence-electron chi connectivity index (χ3n) is 4.36. The Morgan fingerprint density at radius 2 is 1.92 bits per heavy atom. The highest BCUT2D eigenvalue weighted by Crippen LogP contribution is 2.18. The van der Waals surface area contributed by atoms with Gasteiger partial charge in [0.05, 0.1) is 21.8 Å². The summed E-state index contributed by atoms with van der Waals surface area (Å²) in [4.78, 5) is 17.5. The number of hydrogen-bond acceptors (Lipinski definition) is 5. The van der Waals surface area contributed by atoms with Crippen molar-refractivity contribution < 1.29 is 5.11 Å². The van der Waals surface area contributed by atoms with E-state index in [1.54, 1.807) is 37.4 Å². The molecule has 0 saturated carbocycles. The van der Waals surface area contributed by atoms with Gasteiger partial charge < -0.3 is 10.4 Å². The molecule has 0 aliphatic rings. The number of nitrogens with one attached hydrogen (secondary N) is 1. The van der Waals surface area contributed by atoms with Gasteiger partial charge in [-0.05, 0) is 48.9 Å². The molecule has 0 fully saturated rings. The maximum Gasteiger partial charge on any atom is 0.265 e. The molecular weight excluding hydrogens is 328 g/mol. The third-order valence-corrected chi connectivity index (χ3v) is 4.36. The second kappa shape index (κ2) is 5.90. The summed E-state index contributed by atoms with van der Waals surface area (Å²) in [5, 5.41) is 22.4. The van der Waals surface area contributed by atoms with Gasteiger partial charge in [0.1, 0.15) is 11.8 Å². The molecule has 2 aromatic carbocycles. The molecule has 0 atom stereocenters. The minimum Gasteiger partial charge on any atom is -0.508 e. The second-order valence-electron chi connectivity index (χ2n) is 5.93. The van der Waals surface area contributed by atoms with Crippen LogP contribution in [0.2, 0.25) is 0 Å². The Morgan fingerprint density at radius 1 is 1.19 bits per heavy atom. The highest BCUT2D eigenvalue weighted by Gasteiger charge is 2.15. The second-order valence-corrected chi connectivity index (χ2v) is 5.93. The molecule has 126 valence electrons. The molecule has 4 rings (SSSR count). The monoisotopic (exact) mass is 342 g/mol. The topological polar surface area (TPSA) is 90.4 Å². The number of benzene rings is 2. The molecule has 2 N–H and O–H groups in total. The van der Waals surface area contributed by atoms with Gasteiger partial charge in [0.15, 0.2) is 5.65 Å². The standard InChI is InChI=1S/C20H14N4O2/c1-12-15(10-21)19-23-17-4-2-3-5-18(17)24(19)20(26)16(12)11-22-13-6-8-14(25)9-7-13/h2-9,11,22,25H,1H3/b16-11+. The smallest absolute Gasteiger partial charge is 0.265 e. The Labute approximate surface area is 148 Å². The number of hydrogen-bond donors (Lipinski definition) is 2. The third kappa shape index (κ3) is 2.34. The molecule has 0 spiro atoms. The summed E-state index contributed by atoms with van der Waals surface area (Å²) < 4.78 is 1.48. The van der Waals surface area contributed by atoms with E-state index in [0.717, 1.165) is 5.69 Å². The van der Waals surface area contributed by atoms with Crippen LogP contribution in [0.3, 0.4) is 0 Å². The fourth-order valence-corrected chi connectivity index (χ4v) is 3.00. The van der Waals surface area contributed by atoms with Gasteiger partial charge in [-0.2, -0.15) is 5.26 Å². The van der Waals surface area contributed by atoms with E-state index in [4.69, 9.17) is 0 Å². The van der Waals surface area contributed by atoms with Crippen LogP contribution in [0, 0.1) is 18.3 Å². The minimum atomic E-state index is -0.239. The van der Waals surface area contributed by atoms with Crippen LogP contribution in [-0.4, -0.2) is 14.5 Å².